The first-order valence-electron chi connectivity index (χ1n) is 7.29. The van der Waals surface area contributed by atoms with Crippen LogP contribution in [0.25, 0.3) is 0 Å². The number of hydrogen-bond acceptors (Lipinski definition) is 3. The largest absolute Gasteiger partial charge is 0.394 e. The Labute approximate surface area is 120 Å². The quantitative estimate of drug-likeness (QED) is 0.903. The molecule has 1 amide bonds. The van der Waals surface area contributed by atoms with E-state index in [-0.39, 0.29) is 24.1 Å². The number of carbonyl (C=O) groups excluding carboxylic acids is 1. The van der Waals surface area contributed by atoms with Gasteiger partial charge in [-0.1, -0.05) is 18.2 Å². The number of amides is 1. The molecule has 1 heterocycles. The smallest absolute Gasteiger partial charge is 0.241 e. The van der Waals surface area contributed by atoms with Crippen LogP contribution in [0.2, 0.25) is 0 Å². The molecule has 4 heteroatoms. The van der Waals surface area contributed by atoms with Crippen molar-refractivity contribution in [3.63, 3.8) is 0 Å². The number of hydrogen-bond donors (Lipinski definition) is 1. The summed E-state index contributed by atoms with van der Waals surface area (Å²) in [6.07, 6.45) is 2.90. The molecule has 3 rings (SSSR count). The lowest BCUT2D eigenvalue weighted by Crippen LogP contribution is -2.47. The van der Waals surface area contributed by atoms with E-state index in [2.05, 4.69) is 13.0 Å². The number of anilines is 1. The van der Waals surface area contributed by atoms with E-state index >= 15 is 0 Å². The van der Waals surface area contributed by atoms with Crippen molar-refractivity contribution in [3.8, 4) is 0 Å². The predicted molar refractivity (Wildman–Crippen MR) is 78.8 cm³/mol. The second-order valence-corrected chi connectivity index (χ2v) is 6.18. The highest BCUT2D eigenvalue weighted by molar-refractivity contribution is 5.97. The standard InChI is InChI=1S/C16H22N2O2/c1-12-9-13-5-3-4-6-14(13)18(12)15(20)10-17(2)16(11-19)7-8-16/h3-6,12,19H,7-11H2,1-2H3/t12-/m0/s1. The maximum atomic E-state index is 12.6. The SMILES string of the molecule is C[C@H]1Cc2ccccc2N1C(=O)CN(C)C1(CO)CC1. The van der Waals surface area contributed by atoms with Gasteiger partial charge in [0.05, 0.1) is 13.2 Å². The number of aliphatic hydroxyl groups is 1. The van der Waals surface area contributed by atoms with Gasteiger partial charge < -0.3 is 10.0 Å². The van der Waals surface area contributed by atoms with Crippen LogP contribution < -0.4 is 4.90 Å². The maximum absolute atomic E-state index is 12.6. The Morgan fingerprint density at radius 3 is 2.80 bits per heavy atom. The van der Waals surface area contributed by atoms with Crippen LogP contribution in [-0.4, -0.2) is 47.7 Å². The third-order valence-corrected chi connectivity index (χ3v) is 4.78. The van der Waals surface area contributed by atoms with Crippen LogP contribution >= 0.6 is 0 Å². The molecule has 1 N–H and O–H groups in total. The van der Waals surface area contributed by atoms with Gasteiger partial charge in [0, 0.05) is 17.3 Å². The van der Waals surface area contributed by atoms with E-state index in [9.17, 15) is 9.90 Å². The molecule has 20 heavy (non-hydrogen) atoms. The normalized spacial score (nSPS) is 23.0. The van der Waals surface area contributed by atoms with Gasteiger partial charge in [0.2, 0.25) is 5.91 Å². The maximum Gasteiger partial charge on any atom is 0.241 e. The van der Waals surface area contributed by atoms with Crippen molar-refractivity contribution in [3.05, 3.63) is 29.8 Å². The monoisotopic (exact) mass is 274 g/mol. The lowest BCUT2D eigenvalue weighted by atomic mass is 10.1. The second-order valence-electron chi connectivity index (χ2n) is 6.18. The van der Waals surface area contributed by atoms with Gasteiger partial charge in [-0.05, 0) is 44.9 Å². The minimum absolute atomic E-state index is 0.129. The Morgan fingerprint density at radius 1 is 1.45 bits per heavy atom. The van der Waals surface area contributed by atoms with E-state index in [4.69, 9.17) is 0 Å². The number of nitrogens with zero attached hydrogens (tertiary/aromatic N) is 2. The van der Waals surface area contributed by atoms with E-state index < -0.39 is 0 Å². The Bertz CT molecular complexity index is 525. The first-order chi connectivity index (χ1) is 9.57. The summed E-state index contributed by atoms with van der Waals surface area (Å²) in [5.41, 5.74) is 2.16. The van der Waals surface area contributed by atoms with Crippen molar-refractivity contribution in [2.75, 3.05) is 25.1 Å². The van der Waals surface area contributed by atoms with Crippen LogP contribution in [0.1, 0.15) is 25.3 Å². The minimum atomic E-state index is -0.141. The second kappa shape index (κ2) is 4.86. The van der Waals surface area contributed by atoms with Gasteiger partial charge in [-0.25, -0.2) is 0 Å². The van der Waals surface area contributed by atoms with Gasteiger partial charge in [-0.15, -0.1) is 0 Å². The molecule has 0 unspecified atom stereocenters. The van der Waals surface area contributed by atoms with Gasteiger partial charge in [0.15, 0.2) is 0 Å². The molecule has 1 aromatic rings. The summed E-state index contributed by atoms with van der Waals surface area (Å²) in [7, 11) is 1.94. The zero-order valence-electron chi connectivity index (χ0n) is 12.2. The Kier molecular flexibility index (Phi) is 3.30. The number of benzene rings is 1. The van der Waals surface area contributed by atoms with Crippen LogP contribution in [0, 0.1) is 0 Å². The number of para-hydroxylation sites is 1. The summed E-state index contributed by atoms with van der Waals surface area (Å²) in [5, 5.41) is 9.45. The summed E-state index contributed by atoms with van der Waals surface area (Å²) in [4.78, 5) is 16.6. The number of carbonyl (C=O) groups is 1. The molecule has 2 aliphatic rings. The molecular formula is C16H22N2O2. The molecule has 1 fully saturated rings. The Morgan fingerprint density at radius 2 is 2.15 bits per heavy atom. The van der Waals surface area contributed by atoms with Crippen molar-refractivity contribution >= 4 is 11.6 Å². The Hall–Kier alpha value is -1.39. The molecule has 0 spiro atoms. The molecule has 0 radical (unpaired) electrons. The van der Waals surface area contributed by atoms with Crippen molar-refractivity contribution in [1.29, 1.82) is 0 Å². The van der Waals surface area contributed by atoms with Gasteiger partial charge >= 0.3 is 0 Å². The van der Waals surface area contributed by atoms with E-state index in [1.165, 1.54) is 5.56 Å². The summed E-state index contributed by atoms with van der Waals surface area (Å²) < 4.78 is 0. The van der Waals surface area contributed by atoms with Crippen molar-refractivity contribution in [2.24, 2.45) is 0 Å². The van der Waals surface area contributed by atoms with Gasteiger partial charge in [0.1, 0.15) is 0 Å². The predicted octanol–water partition coefficient (Wildman–Crippen LogP) is 1.42. The van der Waals surface area contributed by atoms with Gasteiger partial charge in [-0.2, -0.15) is 0 Å². The molecule has 0 saturated heterocycles. The molecule has 4 nitrogen and oxygen atoms in total. The average molecular weight is 274 g/mol. The zero-order valence-corrected chi connectivity index (χ0v) is 12.2. The molecule has 108 valence electrons. The van der Waals surface area contributed by atoms with Crippen LogP contribution in [-0.2, 0) is 11.2 Å². The third-order valence-electron chi connectivity index (χ3n) is 4.78. The summed E-state index contributed by atoms with van der Waals surface area (Å²) in [5.74, 6) is 0.129. The number of fused-ring (bicyclic) bond motifs is 1. The summed E-state index contributed by atoms with van der Waals surface area (Å²) >= 11 is 0. The lowest BCUT2D eigenvalue weighted by Gasteiger charge is -2.29. The number of aliphatic hydroxyl groups excluding tert-OH is 1. The number of rotatable bonds is 4. The average Bonchev–Trinajstić information content (AvgIpc) is 3.15. The highest BCUT2D eigenvalue weighted by Gasteiger charge is 2.46. The molecular weight excluding hydrogens is 252 g/mol. The van der Waals surface area contributed by atoms with Crippen molar-refractivity contribution < 1.29 is 9.90 Å². The molecule has 0 bridgehead atoms. The summed E-state index contributed by atoms with van der Waals surface area (Å²) in [6.45, 7) is 2.61. The zero-order chi connectivity index (χ0) is 14.3. The summed E-state index contributed by atoms with van der Waals surface area (Å²) in [6, 6.07) is 8.35. The van der Waals surface area contributed by atoms with E-state index in [1.54, 1.807) is 0 Å². The minimum Gasteiger partial charge on any atom is -0.394 e. The number of likely N-dealkylation sites (N-methyl/N-ethyl adjacent to an activating group) is 1. The van der Waals surface area contributed by atoms with Crippen molar-refractivity contribution in [2.45, 2.75) is 37.8 Å². The van der Waals surface area contributed by atoms with Crippen LogP contribution in [0.4, 0.5) is 5.69 Å². The van der Waals surface area contributed by atoms with Crippen molar-refractivity contribution in [1.82, 2.24) is 4.90 Å². The highest BCUT2D eigenvalue weighted by atomic mass is 16.3. The van der Waals surface area contributed by atoms with Gasteiger partial charge in [0.25, 0.3) is 0 Å². The molecule has 1 aliphatic carbocycles. The fourth-order valence-corrected chi connectivity index (χ4v) is 3.20. The molecule has 0 aromatic heterocycles. The Balaban J connectivity index is 1.74. The lowest BCUT2D eigenvalue weighted by molar-refractivity contribution is -0.120. The fourth-order valence-electron chi connectivity index (χ4n) is 3.20. The van der Waals surface area contributed by atoms with E-state index in [1.807, 2.05) is 35.0 Å². The highest BCUT2D eigenvalue weighted by Crippen LogP contribution is 2.40. The molecule has 1 aromatic carbocycles. The molecule has 1 atom stereocenters. The third kappa shape index (κ3) is 2.13. The first-order valence-corrected chi connectivity index (χ1v) is 7.29. The van der Waals surface area contributed by atoms with E-state index in [0.717, 1.165) is 24.9 Å². The van der Waals surface area contributed by atoms with Crippen LogP contribution in [0.5, 0.6) is 0 Å². The van der Waals surface area contributed by atoms with Crippen LogP contribution in [0.3, 0.4) is 0 Å². The fraction of sp³-hybridized carbons (Fsp3) is 0.562. The van der Waals surface area contributed by atoms with Gasteiger partial charge in [-0.3, -0.25) is 9.69 Å². The first kappa shape index (κ1) is 13.6. The molecule has 1 aliphatic heterocycles. The van der Waals surface area contributed by atoms with E-state index in [0.29, 0.717) is 6.54 Å². The van der Waals surface area contributed by atoms with Crippen LogP contribution in [0.15, 0.2) is 24.3 Å². The molecule has 1 saturated carbocycles. The topological polar surface area (TPSA) is 43.8 Å².